The van der Waals surface area contributed by atoms with Crippen molar-refractivity contribution >= 4 is 5.78 Å². The summed E-state index contributed by atoms with van der Waals surface area (Å²) in [6.45, 7) is 7.48. The Morgan fingerprint density at radius 2 is 1.72 bits per heavy atom. The van der Waals surface area contributed by atoms with Gasteiger partial charge in [-0.05, 0) is 27.7 Å². The van der Waals surface area contributed by atoms with Crippen LogP contribution in [0.25, 0.3) is 0 Å². The van der Waals surface area contributed by atoms with Crippen LogP contribution in [0.2, 0.25) is 0 Å². The van der Waals surface area contributed by atoms with Crippen molar-refractivity contribution in [3.8, 4) is 0 Å². The standard InChI is InChI=1S/C12H18O6/c1-11(2)14-5-6(16-11)8-7(13)9-10(15-8)18-12(3,4)17-9/h6,8-10H,5H2,1-4H3/t6-,8+,9?,10+/m1/s1. The highest BCUT2D eigenvalue weighted by molar-refractivity contribution is 5.90. The molecule has 0 aromatic rings. The van der Waals surface area contributed by atoms with E-state index in [0.29, 0.717) is 6.61 Å². The van der Waals surface area contributed by atoms with Crippen LogP contribution < -0.4 is 0 Å². The van der Waals surface area contributed by atoms with E-state index >= 15 is 0 Å². The van der Waals surface area contributed by atoms with Crippen LogP contribution in [-0.2, 0) is 28.5 Å². The van der Waals surface area contributed by atoms with Gasteiger partial charge in [0.25, 0.3) is 0 Å². The molecule has 0 radical (unpaired) electrons. The van der Waals surface area contributed by atoms with E-state index in [1.807, 2.05) is 13.8 Å². The lowest BCUT2D eigenvalue weighted by molar-refractivity contribution is -0.219. The fourth-order valence-electron chi connectivity index (χ4n) is 2.53. The average molecular weight is 258 g/mol. The zero-order valence-corrected chi connectivity index (χ0v) is 11.0. The monoisotopic (exact) mass is 258 g/mol. The Bertz CT molecular complexity index is 377. The highest BCUT2D eigenvalue weighted by Gasteiger charge is 2.57. The Balaban J connectivity index is 1.70. The van der Waals surface area contributed by atoms with Crippen molar-refractivity contribution in [2.24, 2.45) is 0 Å². The summed E-state index contributed by atoms with van der Waals surface area (Å²) < 4.78 is 27.7. The lowest BCUT2D eigenvalue weighted by Gasteiger charge is -2.23. The molecule has 0 bridgehead atoms. The molecular weight excluding hydrogens is 240 g/mol. The molecule has 0 aliphatic carbocycles. The van der Waals surface area contributed by atoms with Crippen LogP contribution in [0.1, 0.15) is 27.7 Å². The Morgan fingerprint density at radius 1 is 1.00 bits per heavy atom. The molecule has 4 atom stereocenters. The summed E-state index contributed by atoms with van der Waals surface area (Å²) in [4.78, 5) is 12.2. The molecule has 18 heavy (non-hydrogen) atoms. The van der Waals surface area contributed by atoms with Crippen LogP contribution in [-0.4, -0.2) is 48.6 Å². The first kappa shape index (κ1) is 12.5. The fraction of sp³-hybridized carbons (Fsp3) is 0.917. The van der Waals surface area contributed by atoms with Gasteiger partial charge in [-0.15, -0.1) is 0 Å². The highest BCUT2D eigenvalue weighted by atomic mass is 16.8. The second-order valence-corrected chi connectivity index (χ2v) is 5.75. The smallest absolute Gasteiger partial charge is 0.198 e. The van der Waals surface area contributed by atoms with Gasteiger partial charge in [-0.25, -0.2) is 0 Å². The summed E-state index contributed by atoms with van der Waals surface area (Å²) in [6.07, 6.45) is -2.35. The Kier molecular flexibility index (Phi) is 2.60. The van der Waals surface area contributed by atoms with Gasteiger partial charge in [-0.1, -0.05) is 0 Å². The largest absolute Gasteiger partial charge is 0.348 e. The molecule has 0 aromatic carbocycles. The van der Waals surface area contributed by atoms with Crippen LogP contribution in [0.15, 0.2) is 0 Å². The van der Waals surface area contributed by atoms with E-state index < -0.39 is 36.2 Å². The first-order valence-corrected chi connectivity index (χ1v) is 6.14. The number of fused-ring (bicyclic) bond motifs is 1. The molecule has 6 nitrogen and oxygen atoms in total. The molecule has 3 aliphatic heterocycles. The normalized spacial score (nSPS) is 45.4. The minimum atomic E-state index is -0.776. The quantitative estimate of drug-likeness (QED) is 0.685. The maximum Gasteiger partial charge on any atom is 0.198 e. The zero-order valence-electron chi connectivity index (χ0n) is 11.0. The number of carbonyl (C=O) groups is 1. The van der Waals surface area contributed by atoms with Gasteiger partial charge in [-0.3, -0.25) is 4.79 Å². The maximum atomic E-state index is 12.2. The van der Waals surface area contributed by atoms with Crippen molar-refractivity contribution < 1.29 is 28.5 Å². The van der Waals surface area contributed by atoms with Crippen LogP contribution in [0.3, 0.4) is 0 Å². The van der Waals surface area contributed by atoms with Gasteiger partial charge >= 0.3 is 0 Å². The third-order valence-corrected chi connectivity index (χ3v) is 3.27. The summed E-state index contributed by atoms with van der Waals surface area (Å²) in [6, 6.07) is 0. The summed E-state index contributed by atoms with van der Waals surface area (Å²) in [5, 5.41) is 0. The topological polar surface area (TPSA) is 63.2 Å². The van der Waals surface area contributed by atoms with Crippen molar-refractivity contribution in [1.29, 1.82) is 0 Å². The Morgan fingerprint density at radius 3 is 2.28 bits per heavy atom. The van der Waals surface area contributed by atoms with E-state index in [-0.39, 0.29) is 5.78 Å². The highest BCUT2D eigenvalue weighted by Crippen LogP contribution is 2.38. The van der Waals surface area contributed by atoms with E-state index in [0.717, 1.165) is 0 Å². The number of hydrogen-bond acceptors (Lipinski definition) is 6. The van der Waals surface area contributed by atoms with Crippen molar-refractivity contribution in [2.45, 2.75) is 63.9 Å². The second-order valence-electron chi connectivity index (χ2n) is 5.75. The van der Waals surface area contributed by atoms with Crippen molar-refractivity contribution in [1.82, 2.24) is 0 Å². The first-order chi connectivity index (χ1) is 8.27. The molecule has 0 saturated carbocycles. The molecule has 0 N–H and O–H groups in total. The summed E-state index contributed by atoms with van der Waals surface area (Å²) in [5.41, 5.74) is 0. The van der Waals surface area contributed by atoms with E-state index in [4.69, 9.17) is 23.7 Å². The van der Waals surface area contributed by atoms with Crippen LogP contribution >= 0.6 is 0 Å². The molecule has 102 valence electrons. The Hall–Kier alpha value is -0.530. The predicted molar refractivity (Wildman–Crippen MR) is 58.6 cm³/mol. The summed E-state index contributed by atoms with van der Waals surface area (Å²) >= 11 is 0. The van der Waals surface area contributed by atoms with Gasteiger partial charge in [-0.2, -0.15) is 0 Å². The molecule has 3 heterocycles. The van der Waals surface area contributed by atoms with Gasteiger partial charge in [0.05, 0.1) is 6.61 Å². The van der Waals surface area contributed by atoms with E-state index in [1.54, 1.807) is 13.8 Å². The number of ketones is 1. The zero-order chi connectivity index (χ0) is 13.1. The van der Waals surface area contributed by atoms with Gasteiger partial charge in [0, 0.05) is 0 Å². The van der Waals surface area contributed by atoms with Gasteiger partial charge in [0.15, 0.2) is 35.9 Å². The molecule has 3 rings (SSSR count). The second kappa shape index (κ2) is 3.74. The number of rotatable bonds is 1. The number of hydrogen-bond donors (Lipinski definition) is 0. The SMILES string of the molecule is CC1(C)OC2C(=O)[C@H]([C@H]3COC(C)(C)O3)O[C@H]2O1. The molecule has 3 aliphatic rings. The molecule has 6 heteroatoms. The lowest BCUT2D eigenvalue weighted by atomic mass is 10.1. The lowest BCUT2D eigenvalue weighted by Crippen LogP contribution is -2.39. The van der Waals surface area contributed by atoms with Crippen molar-refractivity contribution in [3.05, 3.63) is 0 Å². The molecule has 0 aromatic heterocycles. The summed E-state index contributed by atoms with van der Waals surface area (Å²) in [5.74, 6) is -1.58. The molecule has 0 amide bonds. The third kappa shape index (κ3) is 1.98. The van der Waals surface area contributed by atoms with Crippen molar-refractivity contribution in [3.63, 3.8) is 0 Å². The van der Waals surface area contributed by atoms with E-state index in [9.17, 15) is 4.79 Å². The summed E-state index contributed by atoms with van der Waals surface area (Å²) in [7, 11) is 0. The predicted octanol–water partition coefficient (Wildman–Crippen LogP) is 0.583. The Labute approximate surface area is 105 Å². The van der Waals surface area contributed by atoms with E-state index in [2.05, 4.69) is 0 Å². The number of ether oxygens (including phenoxy) is 5. The fourth-order valence-corrected chi connectivity index (χ4v) is 2.53. The van der Waals surface area contributed by atoms with Crippen LogP contribution in [0.4, 0.5) is 0 Å². The average Bonchev–Trinajstić information content (AvgIpc) is 2.81. The molecule has 0 spiro atoms. The number of carbonyl (C=O) groups excluding carboxylic acids is 1. The van der Waals surface area contributed by atoms with Gasteiger partial charge < -0.3 is 23.7 Å². The van der Waals surface area contributed by atoms with Gasteiger partial charge in [0.2, 0.25) is 0 Å². The van der Waals surface area contributed by atoms with E-state index in [1.165, 1.54) is 0 Å². The molecule has 3 fully saturated rings. The minimum absolute atomic E-state index is 0.128. The maximum absolute atomic E-state index is 12.2. The first-order valence-electron chi connectivity index (χ1n) is 6.14. The third-order valence-electron chi connectivity index (χ3n) is 3.27. The molecule has 3 saturated heterocycles. The minimum Gasteiger partial charge on any atom is -0.348 e. The van der Waals surface area contributed by atoms with Crippen LogP contribution in [0.5, 0.6) is 0 Å². The van der Waals surface area contributed by atoms with Crippen LogP contribution in [0, 0.1) is 0 Å². The van der Waals surface area contributed by atoms with Crippen molar-refractivity contribution in [2.75, 3.05) is 6.61 Å². The molecule has 1 unspecified atom stereocenters. The molecular formula is C12H18O6. The van der Waals surface area contributed by atoms with Gasteiger partial charge in [0.1, 0.15) is 6.10 Å². The number of Topliss-reactive ketones (excluding diaryl/α,β-unsaturated/α-hetero) is 1.